The van der Waals surface area contributed by atoms with E-state index in [0.717, 1.165) is 73.7 Å². The third-order valence-corrected chi connectivity index (χ3v) is 11.0. The Hall–Kier alpha value is -3.71. The van der Waals surface area contributed by atoms with Gasteiger partial charge < -0.3 is 24.7 Å². The van der Waals surface area contributed by atoms with E-state index in [4.69, 9.17) is 14.5 Å². The van der Waals surface area contributed by atoms with Crippen molar-refractivity contribution in [3.05, 3.63) is 36.7 Å². The summed E-state index contributed by atoms with van der Waals surface area (Å²) in [6.45, 7) is 2.50. The molecule has 1 atom stereocenters. The second kappa shape index (κ2) is 15.2. The van der Waals surface area contributed by atoms with Crippen LogP contribution >= 0.6 is 0 Å². The van der Waals surface area contributed by atoms with E-state index in [1.54, 1.807) is 6.20 Å². The number of carbonyl (C=O) groups excluding carboxylic acids is 2. The Balaban J connectivity index is 0.989. The number of hydrogen-bond donors (Lipinski definition) is 2. The van der Waals surface area contributed by atoms with Gasteiger partial charge in [-0.25, -0.2) is 18.4 Å². The minimum atomic E-state index is -3.04. The number of anilines is 1. The molecule has 1 aliphatic carbocycles. The van der Waals surface area contributed by atoms with Crippen LogP contribution in [0.2, 0.25) is 0 Å². The van der Waals surface area contributed by atoms with Crippen molar-refractivity contribution < 1.29 is 27.5 Å². The lowest BCUT2D eigenvalue weighted by molar-refractivity contribution is -0.159. The standard InChI is InChI=1S/C35H48N6O6S/c1-40-18-4-3-8-30(40)34(43)47-26-15-19-41(20-16-26)33(42)24-10-12-25(13-11-24)38-35-36-17-14-28(39-35)27-23-37-29-7-5-9-31(32(27)29)46-21-6-22-48(2,44)45/h5,7,9,14,17,23-26,30,37H,3-4,6,8,10-13,15-16,18-22H2,1-2H3,(H,36,38,39)/t24?,25?,30-/m0/s1. The van der Waals surface area contributed by atoms with Crippen LogP contribution in [0.25, 0.3) is 22.2 Å². The van der Waals surface area contributed by atoms with Gasteiger partial charge in [0, 0.05) is 67.6 Å². The highest BCUT2D eigenvalue weighted by atomic mass is 32.2. The van der Waals surface area contributed by atoms with Crippen molar-refractivity contribution in [2.75, 3.05) is 50.6 Å². The van der Waals surface area contributed by atoms with Gasteiger partial charge in [0.25, 0.3) is 0 Å². The second-order valence-corrected chi connectivity index (χ2v) is 15.9. The summed E-state index contributed by atoms with van der Waals surface area (Å²) < 4.78 is 34.9. The summed E-state index contributed by atoms with van der Waals surface area (Å²) in [5.41, 5.74) is 2.53. The van der Waals surface area contributed by atoms with Gasteiger partial charge in [0.05, 0.1) is 23.4 Å². The fraction of sp³-hybridized carbons (Fsp3) is 0.600. The third-order valence-electron chi connectivity index (χ3n) is 10.0. The zero-order valence-electron chi connectivity index (χ0n) is 28.0. The first-order valence-corrected chi connectivity index (χ1v) is 19.4. The minimum absolute atomic E-state index is 0.00682. The van der Waals surface area contributed by atoms with E-state index in [-0.39, 0.29) is 41.7 Å². The molecular weight excluding hydrogens is 632 g/mol. The van der Waals surface area contributed by atoms with Gasteiger partial charge in [-0.05, 0) is 76.7 Å². The number of likely N-dealkylation sites (N-methyl/N-ethyl adjacent to an activating group) is 1. The van der Waals surface area contributed by atoms with E-state index < -0.39 is 9.84 Å². The molecule has 1 aromatic carbocycles. The van der Waals surface area contributed by atoms with Crippen LogP contribution in [-0.4, -0.2) is 109 Å². The lowest BCUT2D eigenvalue weighted by atomic mass is 9.85. The zero-order chi connectivity index (χ0) is 33.7. The number of nitrogens with one attached hydrogen (secondary N) is 2. The molecule has 2 N–H and O–H groups in total. The van der Waals surface area contributed by atoms with Gasteiger partial charge >= 0.3 is 5.97 Å². The molecule has 0 radical (unpaired) electrons. The molecule has 0 unspecified atom stereocenters. The van der Waals surface area contributed by atoms with Crippen molar-refractivity contribution in [1.82, 2.24) is 24.8 Å². The maximum Gasteiger partial charge on any atom is 0.323 e. The highest BCUT2D eigenvalue weighted by Crippen LogP contribution is 2.35. The molecule has 0 spiro atoms. The molecule has 6 rings (SSSR count). The van der Waals surface area contributed by atoms with E-state index in [1.807, 2.05) is 42.4 Å². The predicted octanol–water partition coefficient (Wildman–Crippen LogP) is 4.43. The molecule has 48 heavy (non-hydrogen) atoms. The Morgan fingerprint density at radius 2 is 1.81 bits per heavy atom. The number of sulfone groups is 1. The summed E-state index contributed by atoms with van der Waals surface area (Å²) >= 11 is 0. The predicted molar refractivity (Wildman–Crippen MR) is 184 cm³/mol. The number of aromatic nitrogens is 3. The Bertz CT molecular complexity index is 1680. The number of carbonyl (C=O) groups is 2. The number of ether oxygens (including phenoxy) is 2. The molecule has 1 amide bonds. The summed E-state index contributed by atoms with van der Waals surface area (Å²) in [5.74, 6) is 1.41. The second-order valence-electron chi connectivity index (χ2n) is 13.6. The average Bonchev–Trinajstić information content (AvgIpc) is 3.52. The van der Waals surface area contributed by atoms with Gasteiger partial charge in [-0.2, -0.15) is 0 Å². The smallest absolute Gasteiger partial charge is 0.323 e. The molecule has 2 aliphatic heterocycles. The molecule has 1 saturated carbocycles. The summed E-state index contributed by atoms with van der Waals surface area (Å²) in [5, 5.41) is 4.39. The number of hydrogen-bond acceptors (Lipinski definition) is 10. The summed E-state index contributed by atoms with van der Waals surface area (Å²) in [6, 6.07) is 7.65. The molecule has 4 heterocycles. The topological polar surface area (TPSA) is 147 Å². The highest BCUT2D eigenvalue weighted by Gasteiger charge is 2.34. The van der Waals surface area contributed by atoms with Crippen molar-refractivity contribution >= 4 is 38.6 Å². The van der Waals surface area contributed by atoms with Crippen LogP contribution in [0.1, 0.15) is 64.2 Å². The molecule has 13 heteroatoms. The first kappa shape index (κ1) is 34.2. The quantitative estimate of drug-likeness (QED) is 0.220. The van der Waals surface area contributed by atoms with E-state index in [1.165, 1.54) is 6.26 Å². The fourth-order valence-electron chi connectivity index (χ4n) is 7.29. The van der Waals surface area contributed by atoms with Crippen molar-refractivity contribution in [2.24, 2.45) is 5.92 Å². The lowest BCUT2D eigenvalue weighted by Gasteiger charge is -2.37. The molecule has 0 bridgehead atoms. The van der Waals surface area contributed by atoms with Crippen LogP contribution in [0.4, 0.5) is 5.95 Å². The molecule has 3 aliphatic rings. The molecule has 2 aromatic heterocycles. The average molecular weight is 681 g/mol. The molecule has 3 fully saturated rings. The molecule has 12 nitrogen and oxygen atoms in total. The number of rotatable bonds is 11. The van der Waals surface area contributed by atoms with Crippen molar-refractivity contribution in [3.63, 3.8) is 0 Å². The van der Waals surface area contributed by atoms with Gasteiger partial charge in [-0.15, -0.1) is 0 Å². The van der Waals surface area contributed by atoms with E-state index in [2.05, 4.69) is 20.2 Å². The number of amides is 1. The summed E-state index contributed by atoms with van der Waals surface area (Å²) in [7, 11) is -1.05. The Morgan fingerprint density at radius 3 is 2.56 bits per heavy atom. The molecular formula is C35H48N6O6S. The number of nitrogens with zero attached hydrogens (tertiary/aromatic N) is 4. The SMILES string of the molecule is CN1CCCC[C@H]1C(=O)OC1CCN(C(=O)C2CCC(Nc3nccc(-c4c[nH]c5cccc(OCCCS(C)(=O)=O)c45)n3)CC2)CC1. The Kier molecular flexibility index (Phi) is 10.8. The summed E-state index contributed by atoms with van der Waals surface area (Å²) in [6.07, 6.45) is 12.9. The number of H-pyrrole nitrogens is 1. The van der Waals surface area contributed by atoms with Crippen molar-refractivity contribution in [3.8, 4) is 17.0 Å². The number of benzene rings is 1. The molecule has 260 valence electrons. The van der Waals surface area contributed by atoms with Crippen LogP contribution in [0.15, 0.2) is 36.7 Å². The normalized spacial score (nSPS) is 22.8. The van der Waals surface area contributed by atoms with Gasteiger partial charge in [-0.1, -0.05) is 12.5 Å². The van der Waals surface area contributed by atoms with Crippen LogP contribution in [0.3, 0.4) is 0 Å². The van der Waals surface area contributed by atoms with Crippen molar-refractivity contribution in [2.45, 2.75) is 82.4 Å². The van der Waals surface area contributed by atoms with E-state index in [0.29, 0.717) is 50.7 Å². The zero-order valence-corrected chi connectivity index (χ0v) is 28.8. The maximum absolute atomic E-state index is 13.4. The number of aromatic amines is 1. The number of piperidine rings is 2. The van der Waals surface area contributed by atoms with Crippen LogP contribution in [0, 0.1) is 5.92 Å². The third kappa shape index (κ3) is 8.46. The van der Waals surface area contributed by atoms with Gasteiger partial charge in [0.15, 0.2) is 0 Å². The first-order chi connectivity index (χ1) is 23.1. The van der Waals surface area contributed by atoms with E-state index in [9.17, 15) is 18.0 Å². The lowest BCUT2D eigenvalue weighted by Crippen LogP contribution is -2.47. The fourth-order valence-corrected chi connectivity index (χ4v) is 7.93. The Morgan fingerprint density at radius 1 is 1.02 bits per heavy atom. The number of fused-ring (bicyclic) bond motifs is 1. The summed E-state index contributed by atoms with van der Waals surface area (Å²) in [4.78, 5) is 42.8. The van der Waals surface area contributed by atoms with Crippen LogP contribution < -0.4 is 10.1 Å². The Labute approximate surface area is 282 Å². The van der Waals surface area contributed by atoms with Gasteiger partial charge in [-0.3, -0.25) is 14.5 Å². The van der Waals surface area contributed by atoms with Gasteiger partial charge in [0.2, 0.25) is 11.9 Å². The van der Waals surface area contributed by atoms with E-state index >= 15 is 0 Å². The van der Waals surface area contributed by atoms with Crippen LogP contribution in [0.5, 0.6) is 5.75 Å². The minimum Gasteiger partial charge on any atom is -0.493 e. The number of esters is 1. The first-order valence-electron chi connectivity index (χ1n) is 17.3. The maximum atomic E-state index is 13.4. The largest absolute Gasteiger partial charge is 0.493 e. The van der Waals surface area contributed by atoms with Gasteiger partial charge in [0.1, 0.15) is 27.7 Å². The highest BCUT2D eigenvalue weighted by molar-refractivity contribution is 7.90. The molecule has 2 saturated heterocycles. The molecule has 3 aromatic rings. The van der Waals surface area contributed by atoms with Crippen molar-refractivity contribution in [1.29, 1.82) is 0 Å². The monoisotopic (exact) mass is 680 g/mol. The number of likely N-dealkylation sites (tertiary alicyclic amines) is 2. The van der Waals surface area contributed by atoms with Crippen LogP contribution in [-0.2, 0) is 24.2 Å².